The summed E-state index contributed by atoms with van der Waals surface area (Å²) in [6, 6.07) is 20.0. The summed E-state index contributed by atoms with van der Waals surface area (Å²) in [4.78, 5) is 0. The van der Waals surface area contributed by atoms with Gasteiger partial charge in [0.05, 0.1) is 4.47 Å². The molecule has 3 aromatic rings. The third-order valence-corrected chi connectivity index (χ3v) is 4.02. The topological polar surface area (TPSA) is 35.2 Å². The predicted octanol–water partition coefficient (Wildman–Crippen LogP) is 4.76. The zero-order chi connectivity index (χ0) is 13.9. The molecule has 3 heteroatoms. The first-order valence-corrected chi connectivity index (χ1v) is 7.18. The molecular weight excluding hydrogens is 314 g/mol. The number of hydrogen-bond donors (Lipinski definition) is 1. The molecule has 20 heavy (non-hydrogen) atoms. The van der Waals surface area contributed by atoms with E-state index in [2.05, 4.69) is 34.1 Å². The molecular formula is C17H14BrNO. The average Bonchev–Trinajstić information content (AvgIpc) is 2.49. The van der Waals surface area contributed by atoms with Crippen LogP contribution in [0.3, 0.4) is 0 Å². The largest absolute Gasteiger partial charge is 0.488 e. The Hall–Kier alpha value is -2.00. The van der Waals surface area contributed by atoms with Gasteiger partial charge in [-0.3, -0.25) is 0 Å². The van der Waals surface area contributed by atoms with E-state index in [-0.39, 0.29) is 0 Å². The number of anilines is 1. The van der Waals surface area contributed by atoms with Crippen LogP contribution >= 0.6 is 15.9 Å². The third kappa shape index (κ3) is 2.63. The summed E-state index contributed by atoms with van der Waals surface area (Å²) in [6.07, 6.45) is 0. The highest BCUT2D eigenvalue weighted by atomic mass is 79.9. The number of ether oxygens (including phenoxy) is 1. The molecule has 2 N–H and O–H groups in total. The van der Waals surface area contributed by atoms with Crippen molar-refractivity contribution in [2.24, 2.45) is 0 Å². The van der Waals surface area contributed by atoms with E-state index in [1.54, 1.807) is 0 Å². The normalized spacial score (nSPS) is 10.7. The van der Waals surface area contributed by atoms with Crippen LogP contribution in [0.25, 0.3) is 10.8 Å². The molecule has 0 aliphatic carbocycles. The van der Waals surface area contributed by atoms with Gasteiger partial charge in [-0.05, 0) is 50.5 Å². The molecule has 0 atom stereocenters. The van der Waals surface area contributed by atoms with Crippen molar-refractivity contribution >= 4 is 32.4 Å². The standard InChI is InChI=1S/C17H14BrNO/c18-17-15-4-2-1-3-13(15)7-10-16(17)20-11-12-5-8-14(19)9-6-12/h1-10H,11,19H2. The summed E-state index contributed by atoms with van der Waals surface area (Å²) in [6.45, 7) is 0.525. The van der Waals surface area contributed by atoms with Crippen LogP contribution in [0.1, 0.15) is 5.56 Å². The van der Waals surface area contributed by atoms with Crippen LogP contribution in [-0.4, -0.2) is 0 Å². The maximum absolute atomic E-state index is 5.88. The highest BCUT2D eigenvalue weighted by molar-refractivity contribution is 9.10. The maximum atomic E-state index is 5.88. The van der Waals surface area contributed by atoms with E-state index in [0.29, 0.717) is 6.61 Å². The van der Waals surface area contributed by atoms with Gasteiger partial charge in [0, 0.05) is 5.69 Å². The lowest BCUT2D eigenvalue weighted by molar-refractivity contribution is 0.305. The Kier molecular flexibility index (Phi) is 3.61. The van der Waals surface area contributed by atoms with E-state index in [0.717, 1.165) is 26.9 Å². The minimum absolute atomic E-state index is 0.525. The second kappa shape index (κ2) is 5.55. The van der Waals surface area contributed by atoms with E-state index < -0.39 is 0 Å². The van der Waals surface area contributed by atoms with E-state index in [1.165, 1.54) is 5.39 Å². The van der Waals surface area contributed by atoms with Crippen LogP contribution in [0, 0.1) is 0 Å². The van der Waals surface area contributed by atoms with Crippen molar-refractivity contribution in [3.05, 3.63) is 70.7 Å². The fourth-order valence-corrected chi connectivity index (χ4v) is 2.71. The van der Waals surface area contributed by atoms with Crippen LogP contribution < -0.4 is 10.5 Å². The first kappa shape index (κ1) is 13.0. The second-order valence-electron chi connectivity index (χ2n) is 4.63. The van der Waals surface area contributed by atoms with Crippen molar-refractivity contribution in [2.75, 3.05) is 5.73 Å². The Morgan fingerprint density at radius 2 is 1.65 bits per heavy atom. The SMILES string of the molecule is Nc1ccc(COc2ccc3ccccc3c2Br)cc1. The molecule has 0 spiro atoms. The Bertz CT molecular complexity index is 738. The van der Waals surface area contributed by atoms with Gasteiger partial charge in [0.25, 0.3) is 0 Å². The first-order chi connectivity index (χ1) is 9.74. The van der Waals surface area contributed by atoms with E-state index in [9.17, 15) is 0 Å². The van der Waals surface area contributed by atoms with Crippen molar-refractivity contribution in [1.29, 1.82) is 0 Å². The lowest BCUT2D eigenvalue weighted by Crippen LogP contribution is -1.96. The van der Waals surface area contributed by atoms with Crippen LogP contribution in [0.5, 0.6) is 5.75 Å². The van der Waals surface area contributed by atoms with Gasteiger partial charge >= 0.3 is 0 Å². The summed E-state index contributed by atoms with van der Waals surface area (Å²) >= 11 is 3.62. The van der Waals surface area contributed by atoms with Crippen molar-refractivity contribution in [3.63, 3.8) is 0 Å². The molecule has 0 bridgehead atoms. The maximum Gasteiger partial charge on any atom is 0.134 e. The smallest absolute Gasteiger partial charge is 0.134 e. The van der Waals surface area contributed by atoms with Crippen molar-refractivity contribution < 1.29 is 4.74 Å². The molecule has 100 valence electrons. The molecule has 0 aliphatic rings. The molecule has 0 unspecified atom stereocenters. The van der Waals surface area contributed by atoms with Gasteiger partial charge in [0.15, 0.2) is 0 Å². The van der Waals surface area contributed by atoms with Crippen LogP contribution in [0.15, 0.2) is 65.1 Å². The summed E-state index contributed by atoms with van der Waals surface area (Å²) < 4.78 is 6.87. The number of fused-ring (bicyclic) bond motifs is 1. The second-order valence-corrected chi connectivity index (χ2v) is 5.42. The summed E-state index contributed by atoms with van der Waals surface area (Å²) in [5, 5.41) is 2.35. The Balaban J connectivity index is 1.84. The van der Waals surface area contributed by atoms with E-state index in [4.69, 9.17) is 10.5 Å². The fraction of sp³-hybridized carbons (Fsp3) is 0.0588. The van der Waals surface area contributed by atoms with Gasteiger partial charge in [-0.25, -0.2) is 0 Å². The Labute approximate surface area is 126 Å². The molecule has 0 aromatic heterocycles. The minimum atomic E-state index is 0.525. The lowest BCUT2D eigenvalue weighted by Gasteiger charge is -2.10. The average molecular weight is 328 g/mol. The molecule has 0 radical (unpaired) electrons. The molecule has 0 saturated heterocycles. The highest BCUT2D eigenvalue weighted by Crippen LogP contribution is 2.33. The number of benzene rings is 3. The molecule has 0 fully saturated rings. The van der Waals surface area contributed by atoms with Crippen molar-refractivity contribution in [3.8, 4) is 5.75 Å². The van der Waals surface area contributed by atoms with Crippen LogP contribution in [0.2, 0.25) is 0 Å². The summed E-state index contributed by atoms with van der Waals surface area (Å²) in [5.74, 6) is 0.848. The molecule has 0 heterocycles. The van der Waals surface area contributed by atoms with Crippen LogP contribution in [-0.2, 0) is 6.61 Å². The lowest BCUT2D eigenvalue weighted by atomic mass is 10.1. The number of halogens is 1. The highest BCUT2D eigenvalue weighted by Gasteiger charge is 2.06. The molecule has 3 aromatic carbocycles. The van der Waals surface area contributed by atoms with Gasteiger partial charge in [0.2, 0.25) is 0 Å². The number of hydrogen-bond acceptors (Lipinski definition) is 2. The Morgan fingerprint density at radius 3 is 2.45 bits per heavy atom. The van der Waals surface area contributed by atoms with Gasteiger partial charge in [-0.15, -0.1) is 0 Å². The van der Waals surface area contributed by atoms with E-state index >= 15 is 0 Å². The summed E-state index contributed by atoms with van der Waals surface area (Å²) in [7, 11) is 0. The van der Waals surface area contributed by atoms with Crippen molar-refractivity contribution in [2.45, 2.75) is 6.61 Å². The zero-order valence-corrected chi connectivity index (χ0v) is 12.4. The van der Waals surface area contributed by atoms with Gasteiger partial charge in [0.1, 0.15) is 12.4 Å². The quantitative estimate of drug-likeness (QED) is 0.703. The Morgan fingerprint density at radius 1 is 0.900 bits per heavy atom. The van der Waals surface area contributed by atoms with Crippen molar-refractivity contribution in [1.82, 2.24) is 0 Å². The minimum Gasteiger partial charge on any atom is -0.488 e. The summed E-state index contributed by atoms with van der Waals surface area (Å²) in [5.41, 5.74) is 7.53. The third-order valence-electron chi connectivity index (χ3n) is 3.20. The fourth-order valence-electron chi connectivity index (χ4n) is 2.10. The predicted molar refractivity (Wildman–Crippen MR) is 86.8 cm³/mol. The molecule has 0 amide bonds. The van der Waals surface area contributed by atoms with E-state index in [1.807, 2.05) is 42.5 Å². The number of rotatable bonds is 3. The zero-order valence-electron chi connectivity index (χ0n) is 10.8. The monoisotopic (exact) mass is 327 g/mol. The number of nitrogen functional groups attached to an aromatic ring is 1. The van der Waals surface area contributed by atoms with Gasteiger partial charge in [-0.2, -0.15) is 0 Å². The molecule has 3 rings (SSSR count). The van der Waals surface area contributed by atoms with Crippen LogP contribution in [0.4, 0.5) is 5.69 Å². The molecule has 2 nitrogen and oxygen atoms in total. The molecule has 0 aliphatic heterocycles. The first-order valence-electron chi connectivity index (χ1n) is 6.38. The van der Waals surface area contributed by atoms with Gasteiger partial charge < -0.3 is 10.5 Å². The molecule has 0 saturated carbocycles. The number of nitrogens with two attached hydrogens (primary N) is 1. The van der Waals surface area contributed by atoms with Gasteiger partial charge in [-0.1, -0.05) is 42.5 Å².